The van der Waals surface area contributed by atoms with Gasteiger partial charge in [-0.2, -0.15) is 0 Å². The smallest absolute Gasteiger partial charge is 0.244 e. The lowest BCUT2D eigenvalue weighted by Gasteiger charge is -2.33. The molecule has 0 saturated heterocycles. The highest BCUT2D eigenvalue weighted by atomic mass is 35.5. The third-order valence-electron chi connectivity index (χ3n) is 4.73. The van der Waals surface area contributed by atoms with Crippen LogP contribution in [0.3, 0.4) is 0 Å². The first-order chi connectivity index (χ1) is 15.2. The van der Waals surface area contributed by atoms with E-state index >= 15 is 0 Å². The van der Waals surface area contributed by atoms with E-state index < -0.39 is 34.1 Å². The van der Waals surface area contributed by atoms with Gasteiger partial charge in [-0.05, 0) is 51.5 Å². The highest BCUT2D eigenvalue weighted by Crippen LogP contribution is 2.28. The highest BCUT2D eigenvalue weighted by molar-refractivity contribution is 7.92. The van der Waals surface area contributed by atoms with E-state index in [9.17, 15) is 18.0 Å². The number of carbonyl (C=O) groups excluding carboxylic acids is 2. The molecule has 2 aromatic rings. The van der Waals surface area contributed by atoms with Crippen molar-refractivity contribution in [3.05, 3.63) is 64.1 Å². The molecule has 0 fully saturated rings. The molecule has 0 aliphatic carbocycles. The maximum absolute atomic E-state index is 13.4. The number of carbonyl (C=O) groups is 2. The van der Waals surface area contributed by atoms with Crippen molar-refractivity contribution in [1.82, 2.24) is 10.2 Å². The molecule has 0 aliphatic rings. The Kier molecular flexibility index (Phi) is 8.79. The van der Waals surface area contributed by atoms with Gasteiger partial charge < -0.3 is 10.2 Å². The molecule has 0 bridgehead atoms. The van der Waals surface area contributed by atoms with Crippen molar-refractivity contribution in [1.29, 1.82) is 0 Å². The predicted octanol–water partition coefficient (Wildman–Crippen LogP) is 4.09. The van der Waals surface area contributed by atoms with E-state index in [1.165, 1.54) is 23.1 Å². The lowest BCUT2D eigenvalue weighted by molar-refractivity contribution is -0.140. The molecule has 2 rings (SSSR count). The van der Waals surface area contributed by atoms with Gasteiger partial charge in [0.05, 0.1) is 22.0 Å². The number of benzene rings is 2. The zero-order valence-corrected chi connectivity index (χ0v) is 21.6. The summed E-state index contributed by atoms with van der Waals surface area (Å²) in [5.41, 5.74) is 0.513. The van der Waals surface area contributed by atoms with E-state index in [1.54, 1.807) is 6.92 Å². The fraction of sp³-hybridized carbons (Fsp3) is 0.391. The Morgan fingerprint density at radius 1 is 1.03 bits per heavy atom. The summed E-state index contributed by atoms with van der Waals surface area (Å²) >= 11 is 12.0. The Morgan fingerprint density at radius 2 is 1.64 bits per heavy atom. The fourth-order valence-corrected chi connectivity index (χ4v) is 4.22. The van der Waals surface area contributed by atoms with Crippen molar-refractivity contribution in [2.75, 3.05) is 17.1 Å². The lowest BCUT2D eigenvalue weighted by Crippen LogP contribution is -2.54. The number of rotatable bonds is 8. The second kappa shape index (κ2) is 10.8. The summed E-state index contributed by atoms with van der Waals surface area (Å²) < 4.78 is 26.0. The van der Waals surface area contributed by atoms with Crippen molar-refractivity contribution in [3.8, 4) is 0 Å². The number of amides is 2. The third kappa shape index (κ3) is 7.91. The van der Waals surface area contributed by atoms with E-state index in [4.69, 9.17) is 23.2 Å². The Morgan fingerprint density at radius 3 is 2.15 bits per heavy atom. The lowest BCUT2D eigenvalue weighted by atomic mass is 10.1. The van der Waals surface area contributed by atoms with Crippen molar-refractivity contribution in [2.24, 2.45) is 0 Å². The van der Waals surface area contributed by atoms with E-state index in [0.717, 1.165) is 16.1 Å². The minimum atomic E-state index is -3.84. The molecule has 0 radical (unpaired) electrons. The zero-order valence-electron chi connectivity index (χ0n) is 19.3. The quantitative estimate of drug-likeness (QED) is 0.575. The summed E-state index contributed by atoms with van der Waals surface area (Å²) in [4.78, 5) is 27.6. The van der Waals surface area contributed by atoms with Gasteiger partial charge in [0.25, 0.3) is 0 Å². The van der Waals surface area contributed by atoms with E-state index in [0.29, 0.717) is 0 Å². The second-order valence-electron chi connectivity index (χ2n) is 8.79. The standard InChI is InChI=1S/C23H29Cl2N3O4S/c1-16(22(30)26-23(2,3)4)27(14-17-9-7-6-8-10-17)21(29)15-28(33(5,31)32)18-11-12-19(24)20(25)13-18/h6-13,16H,14-15H2,1-5H3,(H,26,30)/t16-/m1/s1. The summed E-state index contributed by atoms with van der Waals surface area (Å²) in [5, 5.41) is 3.30. The van der Waals surface area contributed by atoms with Crippen LogP contribution in [0.4, 0.5) is 5.69 Å². The number of hydrogen-bond acceptors (Lipinski definition) is 4. The number of nitrogens with one attached hydrogen (secondary N) is 1. The molecule has 0 heterocycles. The van der Waals surface area contributed by atoms with Gasteiger partial charge in [0.1, 0.15) is 12.6 Å². The average Bonchev–Trinajstić information content (AvgIpc) is 2.70. The van der Waals surface area contributed by atoms with Gasteiger partial charge >= 0.3 is 0 Å². The molecule has 2 amide bonds. The number of anilines is 1. The number of nitrogens with zero attached hydrogens (tertiary/aromatic N) is 2. The first kappa shape index (κ1) is 27.0. The minimum Gasteiger partial charge on any atom is -0.350 e. The molecule has 0 aliphatic heterocycles. The highest BCUT2D eigenvalue weighted by Gasteiger charge is 2.31. The zero-order chi connectivity index (χ0) is 25.0. The van der Waals surface area contributed by atoms with Crippen molar-refractivity contribution < 1.29 is 18.0 Å². The first-order valence-electron chi connectivity index (χ1n) is 10.3. The molecule has 1 N–H and O–H groups in total. The summed E-state index contributed by atoms with van der Waals surface area (Å²) in [6, 6.07) is 12.7. The van der Waals surface area contributed by atoms with E-state index in [-0.39, 0.29) is 28.2 Å². The van der Waals surface area contributed by atoms with Crippen LogP contribution in [0.25, 0.3) is 0 Å². The third-order valence-corrected chi connectivity index (χ3v) is 6.61. The Bertz CT molecular complexity index is 1100. The van der Waals surface area contributed by atoms with Crippen LogP contribution in [0.1, 0.15) is 33.3 Å². The Hall–Kier alpha value is -2.29. The molecule has 10 heteroatoms. The normalized spacial score (nSPS) is 12.7. The molecule has 33 heavy (non-hydrogen) atoms. The van der Waals surface area contributed by atoms with Crippen LogP contribution >= 0.6 is 23.2 Å². The van der Waals surface area contributed by atoms with Crippen LogP contribution in [0.2, 0.25) is 10.0 Å². The average molecular weight is 514 g/mol. The second-order valence-corrected chi connectivity index (χ2v) is 11.5. The van der Waals surface area contributed by atoms with E-state index in [2.05, 4.69) is 5.32 Å². The number of sulfonamides is 1. The number of hydrogen-bond donors (Lipinski definition) is 1. The molecule has 1 atom stereocenters. The molecule has 0 spiro atoms. The Balaban J connectivity index is 2.40. The SMILES string of the molecule is C[C@H](C(=O)NC(C)(C)C)N(Cc1ccccc1)C(=O)CN(c1ccc(Cl)c(Cl)c1)S(C)(=O)=O. The van der Waals surface area contributed by atoms with Gasteiger partial charge in [-0.25, -0.2) is 8.42 Å². The predicted molar refractivity (Wildman–Crippen MR) is 133 cm³/mol. The van der Waals surface area contributed by atoms with Gasteiger partial charge in [0, 0.05) is 12.1 Å². The summed E-state index contributed by atoms with van der Waals surface area (Å²) in [5.74, 6) is -0.876. The molecule has 0 saturated carbocycles. The monoisotopic (exact) mass is 513 g/mol. The maximum Gasteiger partial charge on any atom is 0.244 e. The van der Waals surface area contributed by atoms with Crippen molar-refractivity contribution in [3.63, 3.8) is 0 Å². The Labute approximate surface area is 205 Å². The molecule has 7 nitrogen and oxygen atoms in total. The molecular formula is C23H29Cl2N3O4S. The topological polar surface area (TPSA) is 86.8 Å². The first-order valence-corrected chi connectivity index (χ1v) is 12.9. The summed E-state index contributed by atoms with van der Waals surface area (Å²) in [6.45, 7) is 6.78. The van der Waals surface area contributed by atoms with Gasteiger partial charge in [-0.1, -0.05) is 53.5 Å². The van der Waals surface area contributed by atoms with Crippen LogP contribution in [0.5, 0.6) is 0 Å². The van der Waals surface area contributed by atoms with E-state index in [1.807, 2.05) is 51.1 Å². The van der Waals surface area contributed by atoms with Crippen LogP contribution in [0, 0.1) is 0 Å². The van der Waals surface area contributed by atoms with Crippen LogP contribution in [0.15, 0.2) is 48.5 Å². The van der Waals surface area contributed by atoms with Crippen LogP contribution in [-0.2, 0) is 26.2 Å². The maximum atomic E-state index is 13.4. The summed E-state index contributed by atoms with van der Waals surface area (Å²) in [7, 11) is -3.84. The van der Waals surface area contributed by atoms with Crippen LogP contribution in [-0.4, -0.2) is 49.5 Å². The van der Waals surface area contributed by atoms with Crippen LogP contribution < -0.4 is 9.62 Å². The van der Waals surface area contributed by atoms with Gasteiger partial charge in [-0.3, -0.25) is 13.9 Å². The largest absolute Gasteiger partial charge is 0.350 e. The molecule has 180 valence electrons. The molecule has 0 unspecified atom stereocenters. The molecule has 2 aromatic carbocycles. The molecule has 0 aromatic heterocycles. The van der Waals surface area contributed by atoms with Gasteiger partial charge in [0.15, 0.2) is 0 Å². The van der Waals surface area contributed by atoms with Gasteiger partial charge in [-0.15, -0.1) is 0 Å². The minimum absolute atomic E-state index is 0.136. The van der Waals surface area contributed by atoms with Crippen molar-refractivity contribution in [2.45, 2.75) is 45.8 Å². The van der Waals surface area contributed by atoms with Gasteiger partial charge in [0.2, 0.25) is 21.8 Å². The van der Waals surface area contributed by atoms with Crippen molar-refractivity contribution >= 4 is 50.7 Å². The molecular weight excluding hydrogens is 485 g/mol. The fourth-order valence-electron chi connectivity index (χ4n) is 3.09. The number of halogens is 2. The summed E-state index contributed by atoms with van der Waals surface area (Å²) in [6.07, 6.45) is 1.00.